The lowest BCUT2D eigenvalue weighted by Crippen LogP contribution is -2.38. The summed E-state index contributed by atoms with van der Waals surface area (Å²) >= 11 is 0. The predicted molar refractivity (Wildman–Crippen MR) is 125 cm³/mol. The van der Waals surface area contributed by atoms with Crippen molar-refractivity contribution in [1.29, 1.82) is 0 Å². The Morgan fingerprint density at radius 3 is 2.59 bits per heavy atom. The van der Waals surface area contributed by atoms with Gasteiger partial charge in [0.15, 0.2) is 27.3 Å². The van der Waals surface area contributed by atoms with Crippen molar-refractivity contribution < 1.29 is 8.42 Å². The van der Waals surface area contributed by atoms with E-state index in [9.17, 15) is 8.42 Å². The highest BCUT2D eigenvalue weighted by molar-refractivity contribution is 14.0. The van der Waals surface area contributed by atoms with Crippen molar-refractivity contribution in [2.24, 2.45) is 4.99 Å². The highest BCUT2D eigenvalue weighted by Crippen LogP contribution is 2.07. The van der Waals surface area contributed by atoms with E-state index in [4.69, 9.17) is 0 Å². The molecule has 0 radical (unpaired) electrons. The molecular weight excluding hydrogens is 503 g/mol. The van der Waals surface area contributed by atoms with Crippen LogP contribution in [0.25, 0.3) is 5.65 Å². The number of fused-ring (bicyclic) bond motifs is 1. The summed E-state index contributed by atoms with van der Waals surface area (Å²) < 4.78 is 26.4. The fourth-order valence-corrected chi connectivity index (χ4v) is 4.22. The molecule has 0 bridgehead atoms. The van der Waals surface area contributed by atoms with Crippen LogP contribution < -0.4 is 10.6 Å². The van der Waals surface area contributed by atoms with E-state index in [0.717, 1.165) is 17.0 Å². The molecule has 3 aromatic rings. The van der Waals surface area contributed by atoms with Crippen molar-refractivity contribution in [1.82, 2.24) is 25.2 Å². The first-order valence-electron chi connectivity index (χ1n) is 9.05. The van der Waals surface area contributed by atoms with Crippen LogP contribution in [0.5, 0.6) is 0 Å². The number of nitrogens with one attached hydrogen (secondary N) is 2. The minimum atomic E-state index is -3.13. The highest BCUT2D eigenvalue weighted by atomic mass is 127. The van der Waals surface area contributed by atoms with E-state index in [2.05, 4.69) is 25.8 Å². The maximum atomic E-state index is 12.2. The molecule has 156 valence electrons. The molecule has 2 heterocycles. The Morgan fingerprint density at radius 2 is 1.83 bits per heavy atom. The molecule has 0 saturated carbocycles. The van der Waals surface area contributed by atoms with Crippen molar-refractivity contribution in [3.05, 3.63) is 66.1 Å². The summed E-state index contributed by atoms with van der Waals surface area (Å²) in [4.78, 5) is 4.16. The summed E-state index contributed by atoms with van der Waals surface area (Å²) in [7, 11) is -1.46. The lowest BCUT2D eigenvalue weighted by Gasteiger charge is -2.11. The van der Waals surface area contributed by atoms with Gasteiger partial charge in [-0.1, -0.05) is 36.4 Å². The molecule has 8 nitrogen and oxygen atoms in total. The Morgan fingerprint density at radius 1 is 1.07 bits per heavy atom. The van der Waals surface area contributed by atoms with Gasteiger partial charge in [-0.15, -0.1) is 34.2 Å². The third-order valence-corrected chi connectivity index (χ3v) is 5.86. The van der Waals surface area contributed by atoms with Crippen molar-refractivity contribution in [2.75, 3.05) is 19.3 Å². The van der Waals surface area contributed by atoms with Crippen molar-refractivity contribution in [2.45, 2.75) is 18.7 Å². The van der Waals surface area contributed by atoms with Crippen molar-refractivity contribution in [3.8, 4) is 0 Å². The Labute approximate surface area is 187 Å². The number of guanidine groups is 1. The lowest BCUT2D eigenvalue weighted by atomic mass is 10.2. The number of nitrogens with zero attached hydrogens (tertiary/aromatic N) is 4. The van der Waals surface area contributed by atoms with Gasteiger partial charge in [-0.2, -0.15) is 0 Å². The second-order valence-corrected chi connectivity index (χ2v) is 8.51. The predicted octanol–water partition coefficient (Wildman–Crippen LogP) is 2.02. The lowest BCUT2D eigenvalue weighted by molar-refractivity contribution is 0.591. The fourth-order valence-electron chi connectivity index (χ4n) is 2.79. The van der Waals surface area contributed by atoms with Crippen LogP contribution in [0.4, 0.5) is 0 Å². The number of aliphatic imine (C=N–C) groups is 1. The fraction of sp³-hybridized carbons (Fsp3) is 0.316. The normalized spacial score (nSPS) is 11.8. The number of sulfone groups is 1. The molecule has 0 saturated heterocycles. The largest absolute Gasteiger partial charge is 0.356 e. The second kappa shape index (κ2) is 11.1. The molecule has 10 heteroatoms. The molecule has 1 aromatic carbocycles. The summed E-state index contributed by atoms with van der Waals surface area (Å²) in [5, 5.41) is 14.6. The number of pyridine rings is 1. The molecule has 2 aromatic heterocycles. The average molecular weight is 528 g/mol. The minimum Gasteiger partial charge on any atom is -0.356 e. The summed E-state index contributed by atoms with van der Waals surface area (Å²) in [6.45, 7) is 0.964. The first kappa shape index (κ1) is 23.1. The highest BCUT2D eigenvalue weighted by Gasteiger charge is 2.12. The topological polar surface area (TPSA) is 101 Å². The van der Waals surface area contributed by atoms with Gasteiger partial charge in [-0.05, 0) is 24.1 Å². The number of rotatable bonds is 8. The van der Waals surface area contributed by atoms with Gasteiger partial charge in [0.2, 0.25) is 0 Å². The Hall–Kier alpha value is -2.21. The van der Waals surface area contributed by atoms with E-state index < -0.39 is 9.84 Å². The molecule has 2 N–H and O–H groups in total. The summed E-state index contributed by atoms with van der Waals surface area (Å²) in [6.07, 6.45) is 2.41. The van der Waals surface area contributed by atoms with Gasteiger partial charge >= 0.3 is 0 Å². The SMILES string of the molecule is CN=C(NCCCS(=O)(=O)Cc1ccccc1)NCc1nnc2ccccn12.I. The molecule has 0 aliphatic rings. The van der Waals surface area contributed by atoms with E-state index in [-0.39, 0.29) is 35.5 Å². The summed E-state index contributed by atoms with van der Waals surface area (Å²) in [5.41, 5.74) is 1.60. The zero-order valence-corrected chi connectivity index (χ0v) is 19.3. The first-order valence-corrected chi connectivity index (χ1v) is 10.9. The molecule has 0 aliphatic heterocycles. The summed E-state index contributed by atoms with van der Waals surface area (Å²) in [5.74, 6) is 1.55. The van der Waals surface area contributed by atoms with E-state index >= 15 is 0 Å². The maximum Gasteiger partial charge on any atom is 0.191 e. The van der Waals surface area contributed by atoms with Gasteiger partial charge in [0.25, 0.3) is 0 Å². The summed E-state index contributed by atoms with van der Waals surface area (Å²) in [6, 6.07) is 14.9. The monoisotopic (exact) mass is 528 g/mol. The van der Waals surface area contributed by atoms with E-state index in [1.54, 1.807) is 7.05 Å². The quantitative estimate of drug-likeness (QED) is 0.201. The van der Waals surface area contributed by atoms with Crippen LogP contribution in [0.2, 0.25) is 0 Å². The van der Waals surface area contributed by atoms with Crippen molar-refractivity contribution in [3.63, 3.8) is 0 Å². The van der Waals surface area contributed by atoms with Crippen LogP contribution in [-0.2, 0) is 22.1 Å². The second-order valence-electron chi connectivity index (χ2n) is 6.33. The molecule has 29 heavy (non-hydrogen) atoms. The van der Waals surface area contributed by atoms with E-state index in [1.807, 2.05) is 59.1 Å². The van der Waals surface area contributed by atoms with Gasteiger partial charge in [0, 0.05) is 19.8 Å². The van der Waals surface area contributed by atoms with Gasteiger partial charge < -0.3 is 10.6 Å². The molecule has 0 atom stereocenters. The Bertz CT molecular complexity index is 1040. The molecule has 0 fully saturated rings. The number of hydrogen-bond acceptors (Lipinski definition) is 5. The minimum absolute atomic E-state index is 0. The molecular formula is C19H25IN6O2S. The third kappa shape index (κ3) is 6.96. The number of benzene rings is 1. The van der Waals surface area contributed by atoms with Crippen molar-refractivity contribution >= 4 is 45.4 Å². The molecule has 0 unspecified atom stereocenters. The van der Waals surface area contributed by atoms with Gasteiger partial charge in [-0.25, -0.2) is 8.42 Å². The molecule has 3 rings (SSSR count). The van der Waals surface area contributed by atoms with Crippen LogP contribution >= 0.6 is 24.0 Å². The smallest absolute Gasteiger partial charge is 0.191 e. The standard InChI is InChI=1S/C19H24N6O2S.HI/c1-20-19(22-14-18-24-23-17-10-5-6-12-25(17)18)21-11-7-13-28(26,27)15-16-8-3-2-4-9-16;/h2-6,8-10,12H,7,11,13-15H2,1H3,(H2,20,21,22);1H. The maximum absolute atomic E-state index is 12.2. The van der Waals surface area contributed by atoms with Gasteiger partial charge in [-0.3, -0.25) is 9.39 Å². The molecule has 0 spiro atoms. The third-order valence-electron chi connectivity index (χ3n) is 4.18. The first-order chi connectivity index (χ1) is 13.6. The van der Waals surface area contributed by atoms with E-state index in [0.29, 0.717) is 25.5 Å². The zero-order valence-electron chi connectivity index (χ0n) is 16.2. The van der Waals surface area contributed by atoms with Crippen LogP contribution in [0.15, 0.2) is 59.7 Å². The number of hydrogen-bond donors (Lipinski definition) is 2. The molecule has 0 aliphatic carbocycles. The number of aromatic nitrogens is 3. The Kier molecular flexibility index (Phi) is 8.83. The van der Waals surface area contributed by atoms with E-state index in [1.165, 1.54) is 0 Å². The molecule has 0 amide bonds. The van der Waals surface area contributed by atoms with Crippen LogP contribution in [0.3, 0.4) is 0 Å². The van der Waals surface area contributed by atoms with Gasteiger partial charge in [0.1, 0.15) is 0 Å². The van der Waals surface area contributed by atoms with Crippen LogP contribution in [-0.4, -0.2) is 48.3 Å². The van der Waals surface area contributed by atoms with Crippen LogP contribution in [0.1, 0.15) is 17.8 Å². The zero-order chi connectivity index (χ0) is 19.8. The van der Waals surface area contributed by atoms with Crippen LogP contribution in [0, 0.1) is 0 Å². The average Bonchev–Trinajstić information content (AvgIpc) is 3.11. The van der Waals surface area contributed by atoms with Gasteiger partial charge in [0.05, 0.1) is 18.1 Å². The number of halogens is 1. The Balaban J connectivity index is 0.00000300.